The zero-order valence-corrected chi connectivity index (χ0v) is 17.8. The maximum atomic E-state index is 12.2. The standard InChI is InChI=1S/C22H36N4O3/c1-3-23-22(24-14-13-21(27)25-18-9-5-4-6-10-18)26-19-11-7-12-20(17-19)29-16-8-15-28-2/h7,11-12,17-18H,3-6,8-10,13-16H2,1-2H3,(H,25,27)(H2,23,24,26). The van der Waals surface area contributed by atoms with Crippen LogP contribution in [0.2, 0.25) is 0 Å². The van der Waals surface area contributed by atoms with E-state index in [2.05, 4.69) is 20.9 Å². The van der Waals surface area contributed by atoms with E-state index in [1.807, 2.05) is 31.2 Å². The average Bonchev–Trinajstić information content (AvgIpc) is 2.72. The summed E-state index contributed by atoms with van der Waals surface area (Å²) in [4.78, 5) is 16.7. The van der Waals surface area contributed by atoms with Gasteiger partial charge in [0, 0.05) is 50.9 Å². The largest absolute Gasteiger partial charge is 0.493 e. The van der Waals surface area contributed by atoms with Gasteiger partial charge in [-0.15, -0.1) is 0 Å². The van der Waals surface area contributed by atoms with E-state index in [0.717, 1.165) is 37.2 Å². The van der Waals surface area contributed by atoms with Crippen molar-refractivity contribution in [1.82, 2.24) is 10.6 Å². The summed E-state index contributed by atoms with van der Waals surface area (Å²) >= 11 is 0. The molecule has 1 saturated carbocycles. The number of nitrogens with one attached hydrogen (secondary N) is 3. The Labute approximate surface area is 174 Å². The summed E-state index contributed by atoms with van der Waals surface area (Å²) in [6.07, 6.45) is 7.16. The highest BCUT2D eigenvalue weighted by atomic mass is 16.5. The lowest BCUT2D eigenvalue weighted by Crippen LogP contribution is -2.36. The zero-order chi connectivity index (χ0) is 20.7. The van der Waals surface area contributed by atoms with Gasteiger partial charge in [0.2, 0.25) is 5.91 Å². The second-order valence-electron chi connectivity index (χ2n) is 7.26. The Bertz CT molecular complexity index is 630. The fourth-order valence-electron chi connectivity index (χ4n) is 3.32. The van der Waals surface area contributed by atoms with Crippen molar-refractivity contribution in [3.63, 3.8) is 0 Å². The maximum Gasteiger partial charge on any atom is 0.222 e. The van der Waals surface area contributed by atoms with Crippen LogP contribution < -0.4 is 20.7 Å². The van der Waals surface area contributed by atoms with E-state index >= 15 is 0 Å². The van der Waals surface area contributed by atoms with Crippen molar-refractivity contribution in [2.24, 2.45) is 4.99 Å². The predicted octanol–water partition coefficient (Wildman–Crippen LogP) is 3.32. The number of amides is 1. The second kappa shape index (κ2) is 13.8. The first-order chi connectivity index (χ1) is 14.2. The van der Waals surface area contributed by atoms with Crippen molar-refractivity contribution < 1.29 is 14.3 Å². The third-order valence-corrected chi connectivity index (χ3v) is 4.78. The first-order valence-corrected chi connectivity index (χ1v) is 10.8. The third kappa shape index (κ3) is 9.65. The molecular weight excluding hydrogens is 368 g/mol. The van der Waals surface area contributed by atoms with E-state index in [4.69, 9.17) is 9.47 Å². The molecule has 7 heteroatoms. The third-order valence-electron chi connectivity index (χ3n) is 4.78. The summed E-state index contributed by atoms with van der Waals surface area (Å²) in [6, 6.07) is 8.12. The number of hydrogen-bond donors (Lipinski definition) is 3. The number of aliphatic imine (C=N–C) groups is 1. The van der Waals surface area contributed by atoms with Crippen LogP contribution in [0.3, 0.4) is 0 Å². The smallest absolute Gasteiger partial charge is 0.222 e. The van der Waals surface area contributed by atoms with Crippen molar-refractivity contribution >= 4 is 17.6 Å². The van der Waals surface area contributed by atoms with Gasteiger partial charge in [-0.1, -0.05) is 25.3 Å². The van der Waals surface area contributed by atoms with Crippen LogP contribution in [0.1, 0.15) is 51.9 Å². The Morgan fingerprint density at radius 1 is 1.21 bits per heavy atom. The Kier molecular flexibility index (Phi) is 11.0. The highest BCUT2D eigenvalue weighted by molar-refractivity contribution is 5.93. The van der Waals surface area contributed by atoms with Crippen LogP contribution >= 0.6 is 0 Å². The van der Waals surface area contributed by atoms with Crippen molar-refractivity contribution in [2.45, 2.75) is 57.9 Å². The monoisotopic (exact) mass is 404 g/mol. The lowest BCUT2D eigenvalue weighted by molar-refractivity contribution is -0.121. The van der Waals surface area contributed by atoms with Crippen LogP contribution in [0, 0.1) is 0 Å². The molecule has 1 aromatic rings. The number of guanidine groups is 1. The van der Waals surface area contributed by atoms with Crippen LogP contribution in [0.5, 0.6) is 5.75 Å². The summed E-state index contributed by atoms with van der Waals surface area (Å²) in [5.41, 5.74) is 0.889. The minimum absolute atomic E-state index is 0.0861. The molecule has 0 spiro atoms. The normalized spacial score (nSPS) is 15.0. The van der Waals surface area contributed by atoms with Gasteiger partial charge in [0.25, 0.3) is 0 Å². The Balaban J connectivity index is 1.81. The number of methoxy groups -OCH3 is 1. The number of benzene rings is 1. The van der Waals surface area contributed by atoms with E-state index in [-0.39, 0.29) is 5.91 Å². The molecule has 1 aliphatic rings. The summed E-state index contributed by atoms with van der Waals surface area (Å²) in [5.74, 6) is 1.55. The predicted molar refractivity (Wildman–Crippen MR) is 118 cm³/mol. The molecule has 0 radical (unpaired) electrons. The SMILES string of the molecule is CCNC(=NCCC(=O)NC1CCCCC1)Nc1cccc(OCCCOC)c1. The van der Waals surface area contributed by atoms with Crippen LogP contribution in [-0.4, -0.2) is 51.3 Å². The summed E-state index contributed by atoms with van der Waals surface area (Å²) in [6.45, 7) is 4.50. The van der Waals surface area contributed by atoms with Gasteiger partial charge in [-0.25, -0.2) is 0 Å². The van der Waals surface area contributed by atoms with E-state index < -0.39 is 0 Å². The molecule has 0 heterocycles. The molecule has 0 bridgehead atoms. The molecule has 0 atom stereocenters. The van der Waals surface area contributed by atoms with Gasteiger partial charge in [-0.05, 0) is 31.9 Å². The molecule has 7 nitrogen and oxygen atoms in total. The molecule has 0 aromatic heterocycles. The van der Waals surface area contributed by atoms with E-state index in [1.54, 1.807) is 7.11 Å². The first kappa shape index (κ1) is 23.0. The molecule has 3 N–H and O–H groups in total. The molecule has 1 aliphatic carbocycles. The highest BCUT2D eigenvalue weighted by Crippen LogP contribution is 2.18. The average molecular weight is 405 g/mol. The number of rotatable bonds is 11. The number of carbonyl (C=O) groups excluding carboxylic acids is 1. The van der Waals surface area contributed by atoms with Gasteiger partial charge in [-0.3, -0.25) is 9.79 Å². The Morgan fingerprint density at radius 2 is 2.03 bits per heavy atom. The van der Waals surface area contributed by atoms with Gasteiger partial charge in [0.15, 0.2) is 5.96 Å². The van der Waals surface area contributed by atoms with Crippen molar-refractivity contribution in [1.29, 1.82) is 0 Å². The maximum absolute atomic E-state index is 12.2. The molecule has 1 amide bonds. The van der Waals surface area contributed by atoms with E-state index in [0.29, 0.717) is 38.2 Å². The number of carbonyl (C=O) groups is 1. The van der Waals surface area contributed by atoms with Gasteiger partial charge in [-0.2, -0.15) is 0 Å². The van der Waals surface area contributed by atoms with Gasteiger partial charge < -0.3 is 25.4 Å². The molecule has 162 valence electrons. The van der Waals surface area contributed by atoms with Crippen LogP contribution in [0.4, 0.5) is 5.69 Å². The fourth-order valence-corrected chi connectivity index (χ4v) is 3.32. The highest BCUT2D eigenvalue weighted by Gasteiger charge is 2.15. The quantitative estimate of drug-likeness (QED) is 0.299. The molecule has 1 aromatic carbocycles. The fraction of sp³-hybridized carbons (Fsp3) is 0.636. The number of ether oxygens (including phenoxy) is 2. The van der Waals surface area contributed by atoms with Gasteiger partial charge in [0.05, 0.1) is 13.2 Å². The van der Waals surface area contributed by atoms with Gasteiger partial charge in [0.1, 0.15) is 5.75 Å². The van der Waals surface area contributed by atoms with Crippen molar-refractivity contribution in [3.8, 4) is 5.75 Å². The Hall–Kier alpha value is -2.28. The van der Waals surface area contributed by atoms with E-state index in [1.165, 1.54) is 19.3 Å². The molecular formula is C22H36N4O3. The summed E-state index contributed by atoms with van der Waals surface area (Å²) < 4.78 is 10.8. The molecule has 0 aliphatic heterocycles. The number of hydrogen-bond acceptors (Lipinski definition) is 4. The van der Waals surface area contributed by atoms with Crippen molar-refractivity contribution in [2.75, 3.05) is 38.7 Å². The lowest BCUT2D eigenvalue weighted by Gasteiger charge is -2.22. The number of nitrogens with zero attached hydrogens (tertiary/aromatic N) is 1. The molecule has 0 saturated heterocycles. The molecule has 1 fully saturated rings. The molecule has 29 heavy (non-hydrogen) atoms. The Morgan fingerprint density at radius 3 is 2.79 bits per heavy atom. The second-order valence-corrected chi connectivity index (χ2v) is 7.26. The van der Waals surface area contributed by atoms with Crippen molar-refractivity contribution in [3.05, 3.63) is 24.3 Å². The molecule has 2 rings (SSSR count). The summed E-state index contributed by atoms with van der Waals surface area (Å²) in [7, 11) is 1.69. The van der Waals surface area contributed by atoms with E-state index in [9.17, 15) is 4.79 Å². The first-order valence-electron chi connectivity index (χ1n) is 10.8. The number of anilines is 1. The summed E-state index contributed by atoms with van der Waals surface area (Å²) in [5, 5.41) is 9.63. The minimum atomic E-state index is 0.0861. The van der Waals surface area contributed by atoms with Crippen LogP contribution in [0.25, 0.3) is 0 Å². The van der Waals surface area contributed by atoms with Crippen LogP contribution in [-0.2, 0) is 9.53 Å². The minimum Gasteiger partial charge on any atom is -0.493 e. The molecule has 0 unspecified atom stereocenters. The zero-order valence-electron chi connectivity index (χ0n) is 17.8. The lowest BCUT2D eigenvalue weighted by atomic mass is 9.95. The van der Waals surface area contributed by atoms with Gasteiger partial charge >= 0.3 is 0 Å². The topological polar surface area (TPSA) is 84.0 Å². The van der Waals surface area contributed by atoms with Crippen LogP contribution in [0.15, 0.2) is 29.3 Å².